The number of phenolic OH excluding ortho intramolecular Hbond substituents is 1. The Morgan fingerprint density at radius 3 is 2.65 bits per heavy atom. The quantitative estimate of drug-likeness (QED) is 0.641. The lowest BCUT2D eigenvalue weighted by Gasteiger charge is -2.05. The molecule has 0 spiro atoms. The van der Waals surface area contributed by atoms with Crippen LogP contribution in [0.3, 0.4) is 0 Å². The molecule has 0 heterocycles. The zero-order valence-corrected chi connectivity index (χ0v) is 10.6. The van der Waals surface area contributed by atoms with Crippen LogP contribution in [-0.4, -0.2) is 16.7 Å². The molecule has 0 saturated heterocycles. The molecule has 2 N–H and O–H groups in total. The molecule has 0 aliphatic heterocycles. The first-order chi connectivity index (χ1) is 8.08. The lowest BCUT2D eigenvalue weighted by Crippen LogP contribution is -2.19. The normalized spacial score (nSPS) is 9.82. The Morgan fingerprint density at radius 1 is 1.41 bits per heavy atom. The molecule has 0 bridgehead atoms. The third-order valence-corrected chi connectivity index (χ3v) is 2.57. The zero-order valence-electron chi connectivity index (χ0n) is 9.83. The SMILES string of the molecule is CCC(CC)=NNC(=O)c1cc(Cl)ccc1O. The van der Waals surface area contributed by atoms with Crippen molar-refractivity contribution in [2.45, 2.75) is 26.7 Å². The fourth-order valence-corrected chi connectivity index (χ4v) is 1.46. The van der Waals surface area contributed by atoms with Crippen molar-refractivity contribution in [1.82, 2.24) is 5.43 Å². The first kappa shape index (κ1) is 13.5. The molecule has 0 saturated carbocycles. The van der Waals surface area contributed by atoms with E-state index in [1.807, 2.05) is 13.8 Å². The van der Waals surface area contributed by atoms with Crippen molar-refractivity contribution in [3.63, 3.8) is 0 Å². The Hall–Kier alpha value is -1.55. The van der Waals surface area contributed by atoms with E-state index in [-0.39, 0.29) is 11.3 Å². The summed E-state index contributed by atoms with van der Waals surface area (Å²) >= 11 is 5.75. The van der Waals surface area contributed by atoms with Crippen molar-refractivity contribution in [3.05, 3.63) is 28.8 Å². The van der Waals surface area contributed by atoms with Gasteiger partial charge in [-0.15, -0.1) is 0 Å². The van der Waals surface area contributed by atoms with Gasteiger partial charge in [0.15, 0.2) is 0 Å². The van der Waals surface area contributed by atoms with Gasteiger partial charge in [-0.3, -0.25) is 4.79 Å². The van der Waals surface area contributed by atoms with Gasteiger partial charge in [0.2, 0.25) is 0 Å². The number of amides is 1. The molecule has 0 atom stereocenters. The number of hydrazone groups is 1. The van der Waals surface area contributed by atoms with Crippen LogP contribution in [0.4, 0.5) is 0 Å². The number of hydrogen-bond acceptors (Lipinski definition) is 3. The first-order valence-corrected chi connectivity index (χ1v) is 5.80. The Labute approximate surface area is 105 Å². The first-order valence-electron chi connectivity index (χ1n) is 5.42. The van der Waals surface area contributed by atoms with Crippen LogP contribution >= 0.6 is 11.6 Å². The van der Waals surface area contributed by atoms with Gasteiger partial charge in [-0.25, -0.2) is 5.43 Å². The Bertz CT molecular complexity index is 438. The van der Waals surface area contributed by atoms with Crippen LogP contribution in [0.1, 0.15) is 37.0 Å². The number of phenols is 1. The van der Waals surface area contributed by atoms with E-state index in [2.05, 4.69) is 10.5 Å². The number of carbonyl (C=O) groups excluding carboxylic acids is 1. The molecule has 92 valence electrons. The molecule has 4 nitrogen and oxygen atoms in total. The molecule has 0 aromatic heterocycles. The van der Waals surface area contributed by atoms with E-state index in [0.717, 1.165) is 18.6 Å². The Kier molecular flexibility index (Phi) is 4.97. The maximum absolute atomic E-state index is 11.7. The molecule has 1 aromatic rings. The van der Waals surface area contributed by atoms with E-state index in [4.69, 9.17) is 11.6 Å². The van der Waals surface area contributed by atoms with Gasteiger partial charge in [-0.05, 0) is 31.0 Å². The fourth-order valence-electron chi connectivity index (χ4n) is 1.29. The topological polar surface area (TPSA) is 61.7 Å². The second-order valence-corrected chi connectivity index (χ2v) is 3.92. The van der Waals surface area contributed by atoms with Gasteiger partial charge in [0.05, 0.1) is 5.56 Å². The smallest absolute Gasteiger partial charge is 0.275 e. The van der Waals surface area contributed by atoms with Crippen molar-refractivity contribution in [2.24, 2.45) is 5.10 Å². The number of aromatic hydroxyl groups is 1. The lowest BCUT2D eigenvalue weighted by molar-refractivity contribution is 0.0952. The number of rotatable bonds is 4. The standard InChI is InChI=1S/C12H15ClN2O2/c1-3-9(4-2)14-15-12(17)10-7-8(13)5-6-11(10)16/h5-7,16H,3-4H2,1-2H3,(H,15,17). The van der Waals surface area contributed by atoms with Crippen molar-refractivity contribution in [3.8, 4) is 5.75 Å². The molecule has 17 heavy (non-hydrogen) atoms. The molecule has 1 aromatic carbocycles. The van der Waals surface area contributed by atoms with Crippen molar-refractivity contribution in [1.29, 1.82) is 0 Å². The average Bonchev–Trinajstić information content (AvgIpc) is 2.33. The Morgan fingerprint density at radius 2 is 2.06 bits per heavy atom. The van der Waals surface area contributed by atoms with Crippen LogP contribution in [0.5, 0.6) is 5.75 Å². The number of nitrogens with zero attached hydrogens (tertiary/aromatic N) is 1. The molecule has 0 aliphatic rings. The molecular weight excluding hydrogens is 240 g/mol. The second kappa shape index (κ2) is 6.25. The summed E-state index contributed by atoms with van der Waals surface area (Å²) < 4.78 is 0. The van der Waals surface area contributed by atoms with Crippen LogP contribution < -0.4 is 5.43 Å². The summed E-state index contributed by atoms with van der Waals surface area (Å²) in [4.78, 5) is 11.7. The summed E-state index contributed by atoms with van der Waals surface area (Å²) in [7, 11) is 0. The third-order valence-electron chi connectivity index (χ3n) is 2.34. The monoisotopic (exact) mass is 254 g/mol. The molecule has 1 rings (SSSR count). The summed E-state index contributed by atoms with van der Waals surface area (Å²) in [5.41, 5.74) is 3.41. The highest BCUT2D eigenvalue weighted by molar-refractivity contribution is 6.31. The fraction of sp³-hybridized carbons (Fsp3) is 0.333. The molecule has 1 amide bonds. The maximum atomic E-state index is 11.7. The van der Waals surface area contributed by atoms with Crippen molar-refractivity contribution in [2.75, 3.05) is 0 Å². The highest BCUT2D eigenvalue weighted by Gasteiger charge is 2.11. The minimum Gasteiger partial charge on any atom is -0.507 e. The molecular formula is C12H15ClN2O2. The van der Waals surface area contributed by atoms with E-state index in [9.17, 15) is 9.90 Å². The number of hydrogen-bond donors (Lipinski definition) is 2. The van der Waals surface area contributed by atoms with E-state index in [1.54, 1.807) is 0 Å². The number of halogens is 1. The van der Waals surface area contributed by atoms with E-state index < -0.39 is 5.91 Å². The van der Waals surface area contributed by atoms with Gasteiger partial charge in [0.25, 0.3) is 5.91 Å². The molecule has 5 heteroatoms. The highest BCUT2D eigenvalue weighted by atomic mass is 35.5. The van der Waals surface area contributed by atoms with E-state index >= 15 is 0 Å². The van der Waals surface area contributed by atoms with E-state index in [1.165, 1.54) is 18.2 Å². The van der Waals surface area contributed by atoms with Crippen LogP contribution in [0.2, 0.25) is 5.02 Å². The molecule has 0 aliphatic carbocycles. The molecule has 0 fully saturated rings. The maximum Gasteiger partial charge on any atom is 0.275 e. The number of nitrogens with one attached hydrogen (secondary N) is 1. The van der Waals surface area contributed by atoms with Gasteiger partial charge in [-0.1, -0.05) is 25.4 Å². The summed E-state index contributed by atoms with van der Waals surface area (Å²) in [6, 6.07) is 4.29. The minimum absolute atomic E-state index is 0.114. The van der Waals surface area contributed by atoms with Crippen LogP contribution in [0, 0.1) is 0 Å². The van der Waals surface area contributed by atoms with Crippen molar-refractivity contribution >= 4 is 23.2 Å². The van der Waals surface area contributed by atoms with Gasteiger partial charge in [-0.2, -0.15) is 5.10 Å². The average molecular weight is 255 g/mol. The molecule has 0 unspecified atom stereocenters. The van der Waals surface area contributed by atoms with Gasteiger partial charge in [0.1, 0.15) is 5.75 Å². The number of carbonyl (C=O) groups is 1. The lowest BCUT2D eigenvalue weighted by atomic mass is 10.2. The van der Waals surface area contributed by atoms with Crippen LogP contribution in [0.25, 0.3) is 0 Å². The molecule has 0 radical (unpaired) electrons. The van der Waals surface area contributed by atoms with Gasteiger partial charge >= 0.3 is 0 Å². The summed E-state index contributed by atoms with van der Waals surface area (Å²) in [6.07, 6.45) is 1.55. The van der Waals surface area contributed by atoms with Gasteiger partial charge in [0, 0.05) is 10.7 Å². The van der Waals surface area contributed by atoms with Crippen LogP contribution in [-0.2, 0) is 0 Å². The predicted octanol–water partition coefficient (Wildman–Crippen LogP) is 2.95. The third kappa shape index (κ3) is 3.75. The highest BCUT2D eigenvalue weighted by Crippen LogP contribution is 2.21. The summed E-state index contributed by atoms with van der Waals surface area (Å²) in [5.74, 6) is -0.582. The minimum atomic E-state index is -0.468. The van der Waals surface area contributed by atoms with Crippen LogP contribution in [0.15, 0.2) is 23.3 Å². The van der Waals surface area contributed by atoms with Gasteiger partial charge < -0.3 is 5.11 Å². The summed E-state index contributed by atoms with van der Waals surface area (Å²) in [6.45, 7) is 3.93. The summed E-state index contributed by atoms with van der Waals surface area (Å²) in [5, 5.41) is 13.9. The number of benzene rings is 1. The largest absolute Gasteiger partial charge is 0.507 e. The second-order valence-electron chi connectivity index (χ2n) is 3.49. The van der Waals surface area contributed by atoms with Crippen molar-refractivity contribution < 1.29 is 9.90 Å². The zero-order chi connectivity index (χ0) is 12.8. The Balaban J connectivity index is 2.83. The predicted molar refractivity (Wildman–Crippen MR) is 68.6 cm³/mol. The van der Waals surface area contributed by atoms with E-state index in [0.29, 0.717) is 5.02 Å².